The van der Waals surface area contributed by atoms with Gasteiger partial charge in [0.1, 0.15) is 17.2 Å². The van der Waals surface area contributed by atoms with Gasteiger partial charge in [-0.3, -0.25) is 4.79 Å². The van der Waals surface area contributed by atoms with Gasteiger partial charge in [0.2, 0.25) is 0 Å². The third-order valence-electron chi connectivity index (χ3n) is 5.55. The lowest BCUT2D eigenvalue weighted by atomic mass is 9.90. The Balaban J connectivity index is 1.24. The number of carbonyl (C=O) groups is 1. The third kappa shape index (κ3) is 3.14. The summed E-state index contributed by atoms with van der Waals surface area (Å²) in [7, 11) is 0. The second-order valence-corrected chi connectivity index (χ2v) is 7.79. The summed E-state index contributed by atoms with van der Waals surface area (Å²) in [6, 6.07) is 10.4. The van der Waals surface area contributed by atoms with E-state index in [4.69, 9.17) is 11.6 Å². The molecule has 6 nitrogen and oxygen atoms in total. The Hall–Kier alpha value is -2.86. The number of nitrogens with zero attached hydrogens (tertiary/aromatic N) is 4. The molecule has 4 heterocycles. The van der Waals surface area contributed by atoms with Gasteiger partial charge in [0.15, 0.2) is 0 Å². The van der Waals surface area contributed by atoms with Crippen LogP contribution in [-0.2, 0) is 0 Å². The van der Waals surface area contributed by atoms with Gasteiger partial charge < -0.3 is 14.3 Å². The van der Waals surface area contributed by atoms with Crippen molar-refractivity contribution in [2.75, 3.05) is 0 Å². The molecule has 0 atom stereocenters. The first-order chi connectivity index (χ1) is 13.7. The molecule has 0 unspecified atom stereocenters. The highest BCUT2D eigenvalue weighted by molar-refractivity contribution is 6.30. The number of aromatic nitrogens is 4. The molecule has 2 aromatic rings. The molecule has 1 aliphatic carbocycles. The van der Waals surface area contributed by atoms with Gasteiger partial charge in [-0.05, 0) is 56.0 Å². The molecule has 3 aliphatic rings. The number of halogens is 1. The van der Waals surface area contributed by atoms with E-state index in [1.807, 2.05) is 12.3 Å². The minimum Gasteiger partial charge on any atom is -0.348 e. The van der Waals surface area contributed by atoms with Crippen LogP contribution in [-0.4, -0.2) is 30.9 Å². The van der Waals surface area contributed by atoms with Crippen molar-refractivity contribution in [3.05, 3.63) is 65.8 Å². The lowest BCUT2D eigenvalue weighted by Gasteiger charge is -2.31. The van der Waals surface area contributed by atoms with Crippen molar-refractivity contribution < 1.29 is 4.79 Å². The van der Waals surface area contributed by atoms with E-state index < -0.39 is 0 Å². The number of hydrogen-bond donors (Lipinski definition) is 1. The van der Waals surface area contributed by atoms with E-state index in [2.05, 4.69) is 38.2 Å². The number of pyridine rings is 2. The third-order valence-corrected chi connectivity index (χ3v) is 5.77. The molecule has 0 aromatic carbocycles. The van der Waals surface area contributed by atoms with Gasteiger partial charge in [-0.15, -0.1) is 0 Å². The molecule has 1 fully saturated rings. The maximum absolute atomic E-state index is 12.6. The van der Waals surface area contributed by atoms with Crippen molar-refractivity contribution in [1.82, 2.24) is 24.3 Å². The standard InChI is InChI=1S/C21H20ClN5O/c22-15-3-8-19-25-18(13-26(19)12-15)21(28)24-16-4-6-17(7-5-16)27-11-1-2-14-9-10-23-20(14)27/h1-3,8-13,16-17H,4-7H2,(H,24,28). The Morgan fingerprint density at radius 1 is 1.11 bits per heavy atom. The van der Waals surface area contributed by atoms with Crippen molar-refractivity contribution in [2.45, 2.75) is 37.8 Å². The number of imidazole rings is 1. The molecule has 1 saturated carbocycles. The highest BCUT2D eigenvalue weighted by Gasteiger charge is 2.26. The highest BCUT2D eigenvalue weighted by atomic mass is 35.5. The second-order valence-electron chi connectivity index (χ2n) is 7.36. The first-order valence-corrected chi connectivity index (χ1v) is 9.92. The van der Waals surface area contributed by atoms with Crippen LogP contribution < -0.4 is 5.32 Å². The molecule has 7 heteroatoms. The summed E-state index contributed by atoms with van der Waals surface area (Å²) >= 11 is 6.00. The number of amides is 1. The van der Waals surface area contributed by atoms with Gasteiger partial charge >= 0.3 is 0 Å². The van der Waals surface area contributed by atoms with E-state index in [0.29, 0.717) is 22.4 Å². The molecule has 5 rings (SSSR count). The fourth-order valence-electron chi connectivity index (χ4n) is 4.12. The number of nitrogens with one attached hydrogen (secondary N) is 1. The van der Waals surface area contributed by atoms with E-state index in [-0.39, 0.29) is 11.9 Å². The van der Waals surface area contributed by atoms with Crippen molar-refractivity contribution in [2.24, 2.45) is 0 Å². The molecule has 0 spiro atoms. The number of carbonyl (C=O) groups excluding carboxylic acids is 1. The van der Waals surface area contributed by atoms with Gasteiger partial charge in [-0.2, -0.15) is 0 Å². The van der Waals surface area contributed by atoms with E-state index in [1.54, 1.807) is 28.9 Å². The average molecular weight is 394 g/mol. The predicted octanol–water partition coefficient (Wildman–Crippen LogP) is 4.20. The first kappa shape index (κ1) is 17.3. The van der Waals surface area contributed by atoms with Crippen molar-refractivity contribution in [3.8, 4) is 11.4 Å². The molecule has 0 saturated heterocycles. The monoisotopic (exact) mass is 393 g/mol. The Labute approximate surface area is 167 Å². The summed E-state index contributed by atoms with van der Waals surface area (Å²) in [4.78, 5) is 21.5. The number of hydrogen-bond acceptors (Lipinski definition) is 3. The summed E-state index contributed by atoms with van der Waals surface area (Å²) < 4.78 is 4.05. The summed E-state index contributed by atoms with van der Waals surface area (Å²) in [6.07, 6.45) is 11.4. The van der Waals surface area contributed by atoms with E-state index in [1.165, 1.54) is 5.56 Å². The molecule has 1 amide bonds. The maximum Gasteiger partial charge on any atom is 0.271 e. The van der Waals surface area contributed by atoms with Gasteiger partial charge in [0, 0.05) is 42.4 Å². The largest absolute Gasteiger partial charge is 0.348 e. The summed E-state index contributed by atoms with van der Waals surface area (Å²) in [5, 5.41) is 3.76. The van der Waals surface area contributed by atoms with Crippen LogP contribution in [0.5, 0.6) is 0 Å². The zero-order valence-corrected chi connectivity index (χ0v) is 16.0. The number of fused-ring (bicyclic) bond motifs is 2. The minimum absolute atomic E-state index is 0.129. The maximum atomic E-state index is 12.6. The Kier molecular flexibility index (Phi) is 4.28. The molecule has 28 heavy (non-hydrogen) atoms. The second kappa shape index (κ2) is 6.95. The van der Waals surface area contributed by atoms with Crippen LogP contribution in [0.3, 0.4) is 0 Å². The van der Waals surface area contributed by atoms with Crippen LogP contribution in [0, 0.1) is 0 Å². The summed E-state index contributed by atoms with van der Waals surface area (Å²) in [5.41, 5.74) is 2.30. The fraction of sp³-hybridized carbons (Fsp3) is 0.286. The molecular formula is C21H20ClN5O. The normalized spacial score (nSPS) is 19.9. The van der Waals surface area contributed by atoms with E-state index in [0.717, 1.165) is 31.5 Å². The number of rotatable bonds is 3. The smallest absolute Gasteiger partial charge is 0.271 e. The molecule has 0 bridgehead atoms. The van der Waals surface area contributed by atoms with Crippen LogP contribution in [0.4, 0.5) is 0 Å². The van der Waals surface area contributed by atoms with Crippen molar-refractivity contribution in [3.63, 3.8) is 0 Å². The lowest BCUT2D eigenvalue weighted by Crippen LogP contribution is -2.38. The molecule has 1 N–H and O–H groups in total. The molecule has 0 radical (unpaired) electrons. The van der Waals surface area contributed by atoms with Crippen LogP contribution >= 0.6 is 11.6 Å². The topological polar surface area (TPSA) is 64.2 Å². The highest BCUT2D eigenvalue weighted by Crippen LogP contribution is 2.32. The molecule has 2 aromatic heterocycles. The van der Waals surface area contributed by atoms with Crippen LogP contribution in [0.25, 0.3) is 17.0 Å². The van der Waals surface area contributed by atoms with Crippen LogP contribution in [0.2, 0.25) is 5.02 Å². The lowest BCUT2D eigenvalue weighted by molar-refractivity contribution is 0.0918. The van der Waals surface area contributed by atoms with Gasteiger partial charge in [-0.25, -0.2) is 9.97 Å². The first-order valence-electron chi connectivity index (χ1n) is 9.54. The molecule has 2 aliphatic heterocycles. The quantitative estimate of drug-likeness (QED) is 0.567. The zero-order chi connectivity index (χ0) is 19.1. The Bertz CT molecular complexity index is 1110. The van der Waals surface area contributed by atoms with Gasteiger partial charge in [0.05, 0.1) is 5.02 Å². The van der Waals surface area contributed by atoms with Crippen molar-refractivity contribution in [1.29, 1.82) is 0 Å². The van der Waals surface area contributed by atoms with Crippen LogP contribution in [0.15, 0.2) is 55.1 Å². The van der Waals surface area contributed by atoms with Crippen LogP contribution in [0.1, 0.15) is 42.2 Å². The zero-order valence-electron chi connectivity index (χ0n) is 15.3. The molecule has 142 valence electrons. The average Bonchev–Trinajstić information content (AvgIpc) is 3.35. The fourth-order valence-corrected chi connectivity index (χ4v) is 4.29. The minimum atomic E-state index is -0.129. The summed E-state index contributed by atoms with van der Waals surface area (Å²) in [5.74, 6) is 0.911. The predicted molar refractivity (Wildman–Crippen MR) is 108 cm³/mol. The molecular weight excluding hydrogens is 374 g/mol. The van der Waals surface area contributed by atoms with E-state index >= 15 is 0 Å². The van der Waals surface area contributed by atoms with E-state index in [9.17, 15) is 4.79 Å². The van der Waals surface area contributed by atoms with Crippen molar-refractivity contribution >= 4 is 23.2 Å². The SMILES string of the molecule is O=C(NC1CCC(n2cccc3ccnc2-3)CC1)c1cn2cc(Cl)ccc2n1. The van der Waals surface area contributed by atoms with Gasteiger partial charge in [0.25, 0.3) is 5.91 Å². The van der Waals surface area contributed by atoms with Gasteiger partial charge in [-0.1, -0.05) is 11.6 Å². The Morgan fingerprint density at radius 2 is 1.96 bits per heavy atom. The Morgan fingerprint density at radius 3 is 2.82 bits per heavy atom. The summed E-state index contributed by atoms with van der Waals surface area (Å²) in [6.45, 7) is 0.